The number of hydrogen-bond acceptors (Lipinski definition) is 4. The molecule has 2 N–H and O–H groups in total. The van der Waals surface area contributed by atoms with E-state index in [4.69, 9.17) is 9.47 Å². The van der Waals surface area contributed by atoms with Gasteiger partial charge in [-0.25, -0.2) is 0 Å². The Balaban J connectivity index is 1.57. The Morgan fingerprint density at radius 1 is 1.10 bits per heavy atom. The van der Waals surface area contributed by atoms with Crippen molar-refractivity contribution in [1.29, 1.82) is 0 Å². The van der Waals surface area contributed by atoms with E-state index in [1.54, 1.807) is 7.11 Å². The molecule has 2 aromatic carbocycles. The largest absolute Gasteiger partial charge is 0.493 e. The predicted octanol–water partition coefficient (Wildman–Crippen LogP) is 5.60. The minimum atomic E-state index is -0.216. The molecule has 2 aromatic rings. The number of hydrogen-bond donors (Lipinski definition) is 2. The van der Waals surface area contributed by atoms with Crippen LogP contribution in [0.1, 0.15) is 49.7 Å². The highest BCUT2D eigenvalue weighted by Crippen LogP contribution is 2.36. The number of benzene rings is 2. The van der Waals surface area contributed by atoms with Crippen LogP contribution >= 0.6 is 15.9 Å². The second-order valence-corrected chi connectivity index (χ2v) is 8.74. The Kier molecular flexibility index (Phi) is 8.58. The molecular formula is C24H31BrN2O3. The molecule has 1 aliphatic carbocycles. The third kappa shape index (κ3) is 6.74. The summed E-state index contributed by atoms with van der Waals surface area (Å²) >= 11 is 3.58. The van der Waals surface area contributed by atoms with Crippen molar-refractivity contribution in [3.8, 4) is 11.5 Å². The van der Waals surface area contributed by atoms with E-state index in [9.17, 15) is 4.79 Å². The van der Waals surface area contributed by atoms with Crippen molar-refractivity contribution in [2.75, 3.05) is 19.0 Å². The van der Waals surface area contributed by atoms with E-state index >= 15 is 0 Å². The third-order valence-corrected chi connectivity index (χ3v) is 6.01. The standard InChI is InChI=1S/C24H31BrN2O3/c1-17-9-11-20(12-10-17)27-23(28)16-30-24-21(25)13-18(14-22(24)29-2)15-26-19-7-5-3-4-6-8-19/h9-14,19,26H,3-8,15-16H2,1-2H3,(H,27,28). The Morgan fingerprint density at radius 3 is 2.47 bits per heavy atom. The van der Waals surface area contributed by atoms with E-state index in [1.165, 1.54) is 38.5 Å². The van der Waals surface area contributed by atoms with Crippen molar-refractivity contribution in [2.24, 2.45) is 0 Å². The maximum absolute atomic E-state index is 12.3. The fourth-order valence-electron chi connectivity index (χ4n) is 3.73. The van der Waals surface area contributed by atoms with Crippen LogP contribution in [0.3, 0.4) is 0 Å². The van der Waals surface area contributed by atoms with E-state index in [-0.39, 0.29) is 12.5 Å². The van der Waals surface area contributed by atoms with Crippen molar-refractivity contribution in [3.63, 3.8) is 0 Å². The lowest BCUT2D eigenvalue weighted by Gasteiger charge is -2.18. The molecule has 0 bridgehead atoms. The number of halogens is 1. The number of methoxy groups -OCH3 is 1. The normalized spacial score (nSPS) is 14.8. The molecular weight excluding hydrogens is 444 g/mol. The molecule has 1 fully saturated rings. The van der Waals surface area contributed by atoms with Gasteiger partial charge in [-0.2, -0.15) is 0 Å². The number of rotatable bonds is 8. The van der Waals surface area contributed by atoms with Gasteiger partial charge in [0.2, 0.25) is 0 Å². The molecule has 0 heterocycles. The van der Waals surface area contributed by atoms with Crippen molar-refractivity contribution >= 4 is 27.5 Å². The number of carbonyl (C=O) groups is 1. The van der Waals surface area contributed by atoms with Gasteiger partial charge >= 0.3 is 0 Å². The van der Waals surface area contributed by atoms with Gasteiger partial charge in [-0.05, 0) is 65.5 Å². The molecule has 1 saturated carbocycles. The van der Waals surface area contributed by atoms with Crippen LogP contribution in [0.4, 0.5) is 5.69 Å². The lowest BCUT2D eigenvalue weighted by molar-refractivity contribution is -0.118. The lowest BCUT2D eigenvalue weighted by atomic mass is 10.1. The summed E-state index contributed by atoms with van der Waals surface area (Å²) in [6, 6.07) is 12.2. The number of amides is 1. The first-order valence-electron chi connectivity index (χ1n) is 10.6. The highest BCUT2D eigenvalue weighted by molar-refractivity contribution is 9.10. The van der Waals surface area contributed by atoms with Crippen molar-refractivity contribution in [1.82, 2.24) is 5.32 Å². The maximum Gasteiger partial charge on any atom is 0.262 e. The summed E-state index contributed by atoms with van der Waals surface area (Å²) in [5, 5.41) is 6.52. The molecule has 0 saturated heterocycles. The van der Waals surface area contributed by atoms with E-state index in [0.29, 0.717) is 17.5 Å². The third-order valence-electron chi connectivity index (χ3n) is 5.42. The van der Waals surface area contributed by atoms with Gasteiger partial charge in [0.1, 0.15) is 0 Å². The first-order valence-corrected chi connectivity index (χ1v) is 11.4. The smallest absolute Gasteiger partial charge is 0.262 e. The molecule has 0 spiro atoms. The van der Waals surface area contributed by atoms with E-state index in [2.05, 4.69) is 26.6 Å². The molecule has 3 rings (SSSR count). The average molecular weight is 475 g/mol. The zero-order valence-electron chi connectivity index (χ0n) is 17.8. The van der Waals surface area contributed by atoms with Crippen LogP contribution in [0.15, 0.2) is 40.9 Å². The molecule has 1 amide bonds. The second-order valence-electron chi connectivity index (χ2n) is 7.88. The van der Waals surface area contributed by atoms with Gasteiger partial charge in [0.25, 0.3) is 5.91 Å². The van der Waals surface area contributed by atoms with Crippen LogP contribution in [0, 0.1) is 6.92 Å². The minimum absolute atomic E-state index is 0.0947. The predicted molar refractivity (Wildman–Crippen MR) is 124 cm³/mol. The fourth-order valence-corrected chi connectivity index (χ4v) is 4.34. The Labute approximate surface area is 187 Å². The summed E-state index contributed by atoms with van der Waals surface area (Å²) in [4.78, 5) is 12.3. The molecule has 6 heteroatoms. The Hall–Kier alpha value is -2.05. The van der Waals surface area contributed by atoms with Gasteiger partial charge in [-0.15, -0.1) is 0 Å². The van der Waals surface area contributed by atoms with Crippen LogP contribution < -0.4 is 20.1 Å². The van der Waals surface area contributed by atoms with E-state index in [1.807, 2.05) is 43.3 Å². The van der Waals surface area contributed by atoms with Gasteiger partial charge in [0, 0.05) is 18.3 Å². The fraction of sp³-hybridized carbons (Fsp3) is 0.458. The van der Waals surface area contributed by atoms with E-state index in [0.717, 1.165) is 27.8 Å². The van der Waals surface area contributed by atoms with Crippen LogP contribution in [0.25, 0.3) is 0 Å². The molecule has 162 valence electrons. The molecule has 0 radical (unpaired) electrons. The molecule has 30 heavy (non-hydrogen) atoms. The maximum atomic E-state index is 12.3. The van der Waals surface area contributed by atoms with Crippen molar-refractivity contribution in [3.05, 3.63) is 52.0 Å². The van der Waals surface area contributed by atoms with Gasteiger partial charge in [0.15, 0.2) is 18.1 Å². The lowest BCUT2D eigenvalue weighted by Crippen LogP contribution is -2.27. The number of carbonyl (C=O) groups excluding carboxylic acids is 1. The summed E-state index contributed by atoms with van der Waals surface area (Å²) in [6.07, 6.45) is 7.80. The Bertz CT molecular complexity index is 831. The number of anilines is 1. The first-order chi connectivity index (χ1) is 14.5. The quantitative estimate of drug-likeness (QED) is 0.489. The Morgan fingerprint density at radius 2 is 1.80 bits per heavy atom. The van der Waals surface area contributed by atoms with Crippen LogP contribution in [-0.4, -0.2) is 25.7 Å². The molecule has 5 nitrogen and oxygen atoms in total. The highest BCUT2D eigenvalue weighted by Gasteiger charge is 2.16. The topological polar surface area (TPSA) is 59.6 Å². The van der Waals surface area contributed by atoms with E-state index < -0.39 is 0 Å². The second kappa shape index (κ2) is 11.4. The molecule has 0 atom stereocenters. The van der Waals surface area contributed by atoms with Gasteiger partial charge in [-0.3, -0.25) is 4.79 Å². The molecule has 0 aliphatic heterocycles. The molecule has 0 aromatic heterocycles. The summed E-state index contributed by atoms with van der Waals surface area (Å²) < 4.78 is 12.1. The highest BCUT2D eigenvalue weighted by atomic mass is 79.9. The number of ether oxygens (including phenoxy) is 2. The summed E-state index contributed by atoms with van der Waals surface area (Å²) in [5.41, 5.74) is 3.02. The zero-order chi connectivity index (χ0) is 21.3. The molecule has 0 unspecified atom stereocenters. The van der Waals surface area contributed by atoms with Crippen LogP contribution in [0.5, 0.6) is 11.5 Å². The summed E-state index contributed by atoms with van der Waals surface area (Å²) in [6.45, 7) is 2.70. The van der Waals surface area contributed by atoms with Gasteiger partial charge in [0.05, 0.1) is 11.6 Å². The average Bonchev–Trinajstić information content (AvgIpc) is 3.01. The molecule has 1 aliphatic rings. The SMILES string of the molecule is COc1cc(CNC2CCCCCC2)cc(Br)c1OCC(=O)Nc1ccc(C)cc1. The van der Waals surface area contributed by atoms with Crippen LogP contribution in [0.2, 0.25) is 0 Å². The van der Waals surface area contributed by atoms with Crippen molar-refractivity contribution < 1.29 is 14.3 Å². The zero-order valence-corrected chi connectivity index (χ0v) is 19.4. The first kappa shape index (κ1) is 22.6. The van der Waals surface area contributed by atoms with Gasteiger partial charge in [-0.1, -0.05) is 43.4 Å². The number of nitrogens with one attached hydrogen (secondary N) is 2. The van der Waals surface area contributed by atoms with Crippen LogP contribution in [-0.2, 0) is 11.3 Å². The summed E-state index contributed by atoms with van der Waals surface area (Å²) in [7, 11) is 1.61. The minimum Gasteiger partial charge on any atom is -0.493 e. The monoisotopic (exact) mass is 474 g/mol. The van der Waals surface area contributed by atoms with Crippen molar-refractivity contribution in [2.45, 2.75) is 58.0 Å². The number of aryl methyl sites for hydroxylation is 1. The van der Waals surface area contributed by atoms with Gasteiger partial charge < -0.3 is 20.1 Å². The summed E-state index contributed by atoms with van der Waals surface area (Å²) in [5.74, 6) is 0.937.